The molecule has 2 heterocycles. The second kappa shape index (κ2) is 6.91. The Balaban J connectivity index is 1.44. The second-order valence-corrected chi connectivity index (χ2v) is 5.70. The summed E-state index contributed by atoms with van der Waals surface area (Å²) >= 11 is 6.13. The molecule has 0 unspecified atom stereocenters. The molecule has 0 radical (unpaired) electrons. The summed E-state index contributed by atoms with van der Waals surface area (Å²) in [7, 11) is 0. The van der Waals surface area contributed by atoms with Gasteiger partial charge >= 0.3 is 0 Å². The monoisotopic (exact) mass is 306 g/mol. The fourth-order valence-corrected chi connectivity index (χ4v) is 2.75. The van der Waals surface area contributed by atoms with Gasteiger partial charge in [-0.25, -0.2) is 0 Å². The molecular formula is C15H19ClN4O. The van der Waals surface area contributed by atoms with Crippen LogP contribution in [0.15, 0.2) is 36.9 Å². The highest BCUT2D eigenvalue weighted by Crippen LogP contribution is 2.26. The highest BCUT2D eigenvalue weighted by Gasteiger charge is 2.20. The van der Waals surface area contributed by atoms with E-state index in [1.54, 1.807) is 12.7 Å². The molecule has 1 saturated heterocycles. The molecule has 1 aromatic carbocycles. The maximum absolute atomic E-state index is 6.13. The van der Waals surface area contributed by atoms with Crippen molar-refractivity contribution in [1.82, 2.24) is 19.7 Å². The molecule has 112 valence electrons. The minimum atomic E-state index is 0.260. The van der Waals surface area contributed by atoms with Crippen LogP contribution >= 0.6 is 11.6 Å². The lowest BCUT2D eigenvalue weighted by atomic mass is 10.1. The van der Waals surface area contributed by atoms with Crippen LogP contribution in [0.25, 0.3) is 0 Å². The van der Waals surface area contributed by atoms with E-state index in [1.165, 1.54) is 0 Å². The quantitative estimate of drug-likeness (QED) is 0.851. The number of hydrogen-bond donors (Lipinski definition) is 0. The standard InChI is InChI=1S/C15H19ClN4O/c16-14-3-1-2-4-15(14)21-13-5-7-19(8-6-13)9-10-20-11-17-18-12-20/h1-4,11-13H,5-10H2. The van der Waals surface area contributed by atoms with E-state index in [0.29, 0.717) is 5.02 Å². The molecule has 1 fully saturated rings. The van der Waals surface area contributed by atoms with Crippen LogP contribution in [-0.2, 0) is 6.54 Å². The molecule has 0 amide bonds. The van der Waals surface area contributed by atoms with Crippen molar-refractivity contribution in [1.29, 1.82) is 0 Å². The fourth-order valence-electron chi connectivity index (χ4n) is 2.57. The van der Waals surface area contributed by atoms with E-state index in [1.807, 2.05) is 28.8 Å². The van der Waals surface area contributed by atoms with Gasteiger partial charge in [-0.1, -0.05) is 23.7 Å². The summed E-state index contributed by atoms with van der Waals surface area (Å²) in [6.07, 6.45) is 5.84. The van der Waals surface area contributed by atoms with Gasteiger partial charge in [-0.3, -0.25) is 0 Å². The molecule has 1 aliphatic heterocycles. The number of halogens is 1. The van der Waals surface area contributed by atoms with Gasteiger partial charge in [-0.15, -0.1) is 10.2 Å². The van der Waals surface area contributed by atoms with Gasteiger partial charge in [0.25, 0.3) is 0 Å². The van der Waals surface area contributed by atoms with Crippen molar-refractivity contribution in [2.24, 2.45) is 0 Å². The molecule has 2 aromatic rings. The van der Waals surface area contributed by atoms with Crippen LogP contribution in [0.5, 0.6) is 5.75 Å². The van der Waals surface area contributed by atoms with Crippen molar-refractivity contribution in [3.05, 3.63) is 41.9 Å². The van der Waals surface area contributed by atoms with E-state index < -0.39 is 0 Å². The first-order valence-corrected chi connectivity index (χ1v) is 7.65. The Kier molecular flexibility index (Phi) is 4.72. The van der Waals surface area contributed by atoms with Crippen LogP contribution in [0.1, 0.15) is 12.8 Å². The fraction of sp³-hybridized carbons (Fsp3) is 0.467. The summed E-state index contributed by atoms with van der Waals surface area (Å²) in [5.74, 6) is 0.794. The molecule has 0 atom stereocenters. The van der Waals surface area contributed by atoms with Gasteiger partial charge in [0.1, 0.15) is 24.5 Å². The molecule has 1 aromatic heterocycles. The average molecular weight is 307 g/mol. The van der Waals surface area contributed by atoms with Gasteiger partial charge in [-0.2, -0.15) is 0 Å². The lowest BCUT2D eigenvalue weighted by Crippen LogP contribution is -2.39. The SMILES string of the molecule is Clc1ccccc1OC1CCN(CCn2cnnc2)CC1. The van der Waals surface area contributed by atoms with Crippen LogP contribution in [0, 0.1) is 0 Å². The molecule has 5 nitrogen and oxygen atoms in total. The molecule has 1 aliphatic rings. The van der Waals surface area contributed by atoms with Crippen molar-refractivity contribution in [2.75, 3.05) is 19.6 Å². The molecule has 0 saturated carbocycles. The van der Waals surface area contributed by atoms with E-state index in [0.717, 1.165) is 44.8 Å². The second-order valence-electron chi connectivity index (χ2n) is 5.29. The lowest BCUT2D eigenvalue weighted by molar-refractivity contribution is 0.0986. The molecule has 0 spiro atoms. The summed E-state index contributed by atoms with van der Waals surface area (Å²) in [6.45, 7) is 4.06. The maximum atomic E-state index is 6.13. The average Bonchev–Trinajstić information content (AvgIpc) is 3.02. The Morgan fingerprint density at radius 2 is 1.81 bits per heavy atom. The summed E-state index contributed by atoms with van der Waals surface area (Å²) in [5, 5.41) is 8.32. The molecule has 0 aliphatic carbocycles. The molecule has 0 bridgehead atoms. The van der Waals surface area contributed by atoms with Gasteiger partial charge in [0.2, 0.25) is 0 Å². The first kappa shape index (κ1) is 14.4. The number of ether oxygens (including phenoxy) is 1. The van der Waals surface area contributed by atoms with Crippen LogP contribution in [0.4, 0.5) is 0 Å². The van der Waals surface area contributed by atoms with Gasteiger partial charge in [0.15, 0.2) is 0 Å². The highest BCUT2D eigenvalue weighted by atomic mass is 35.5. The Morgan fingerprint density at radius 1 is 1.10 bits per heavy atom. The van der Waals surface area contributed by atoms with Crippen LogP contribution in [0.2, 0.25) is 5.02 Å². The number of likely N-dealkylation sites (tertiary alicyclic amines) is 1. The first-order chi connectivity index (χ1) is 10.3. The number of rotatable bonds is 5. The van der Waals surface area contributed by atoms with E-state index in [4.69, 9.17) is 16.3 Å². The Hall–Kier alpha value is -1.59. The molecule has 0 N–H and O–H groups in total. The van der Waals surface area contributed by atoms with E-state index in [2.05, 4.69) is 15.1 Å². The summed E-state index contributed by atoms with van der Waals surface area (Å²) in [4.78, 5) is 2.45. The normalized spacial score (nSPS) is 17.0. The Labute approximate surface area is 129 Å². The summed E-state index contributed by atoms with van der Waals surface area (Å²) in [5.41, 5.74) is 0. The minimum absolute atomic E-state index is 0.260. The molecule has 21 heavy (non-hydrogen) atoms. The number of hydrogen-bond acceptors (Lipinski definition) is 4. The van der Waals surface area contributed by atoms with Gasteiger partial charge in [0.05, 0.1) is 5.02 Å². The zero-order valence-electron chi connectivity index (χ0n) is 11.9. The van der Waals surface area contributed by atoms with Crippen molar-refractivity contribution in [3.8, 4) is 5.75 Å². The maximum Gasteiger partial charge on any atom is 0.138 e. The Morgan fingerprint density at radius 3 is 2.52 bits per heavy atom. The third kappa shape index (κ3) is 3.95. The topological polar surface area (TPSA) is 43.2 Å². The number of para-hydroxylation sites is 1. The zero-order valence-corrected chi connectivity index (χ0v) is 12.6. The smallest absolute Gasteiger partial charge is 0.138 e. The van der Waals surface area contributed by atoms with E-state index in [-0.39, 0.29) is 6.10 Å². The summed E-state index contributed by atoms with van der Waals surface area (Å²) in [6, 6.07) is 7.67. The number of nitrogens with zero attached hydrogens (tertiary/aromatic N) is 4. The number of piperidine rings is 1. The molecular weight excluding hydrogens is 288 g/mol. The van der Waals surface area contributed by atoms with Crippen molar-refractivity contribution >= 4 is 11.6 Å². The van der Waals surface area contributed by atoms with Gasteiger partial charge in [-0.05, 0) is 25.0 Å². The van der Waals surface area contributed by atoms with Crippen LogP contribution < -0.4 is 4.74 Å². The van der Waals surface area contributed by atoms with Crippen LogP contribution in [-0.4, -0.2) is 45.4 Å². The molecule has 6 heteroatoms. The molecule has 3 rings (SSSR count). The Bertz CT molecular complexity index is 553. The van der Waals surface area contributed by atoms with E-state index >= 15 is 0 Å². The zero-order chi connectivity index (χ0) is 14.5. The van der Waals surface area contributed by atoms with E-state index in [9.17, 15) is 0 Å². The third-order valence-corrected chi connectivity index (χ3v) is 4.12. The highest BCUT2D eigenvalue weighted by molar-refractivity contribution is 6.32. The third-order valence-electron chi connectivity index (χ3n) is 3.81. The van der Waals surface area contributed by atoms with Crippen molar-refractivity contribution < 1.29 is 4.74 Å². The van der Waals surface area contributed by atoms with Crippen molar-refractivity contribution in [3.63, 3.8) is 0 Å². The predicted octanol–water partition coefficient (Wildman–Crippen LogP) is 2.47. The van der Waals surface area contributed by atoms with Gasteiger partial charge in [0, 0.05) is 26.2 Å². The predicted molar refractivity (Wildman–Crippen MR) is 81.6 cm³/mol. The number of aromatic nitrogens is 3. The number of benzene rings is 1. The largest absolute Gasteiger partial charge is 0.489 e. The van der Waals surface area contributed by atoms with Gasteiger partial charge < -0.3 is 14.2 Å². The van der Waals surface area contributed by atoms with Crippen LogP contribution in [0.3, 0.4) is 0 Å². The lowest BCUT2D eigenvalue weighted by Gasteiger charge is -2.32. The summed E-state index contributed by atoms with van der Waals surface area (Å²) < 4.78 is 8.01. The minimum Gasteiger partial charge on any atom is -0.489 e. The first-order valence-electron chi connectivity index (χ1n) is 7.27. The van der Waals surface area contributed by atoms with Crippen molar-refractivity contribution in [2.45, 2.75) is 25.5 Å².